The SMILES string of the molecule is OCc1nc2c(N3CCOCC3)nc(-c3cccc(O)c3)cn2n1. The molecular formula is C16H17N5O3. The second-order valence-electron chi connectivity index (χ2n) is 5.55. The van der Waals surface area contributed by atoms with Gasteiger partial charge in [-0.1, -0.05) is 12.1 Å². The molecular weight excluding hydrogens is 310 g/mol. The molecule has 8 nitrogen and oxygen atoms in total. The fourth-order valence-corrected chi connectivity index (χ4v) is 2.78. The Morgan fingerprint density at radius 3 is 2.75 bits per heavy atom. The van der Waals surface area contributed by atoms with Crippen LogP contribution in [0.5, 0.6) is 5.75 Å². The summed E-state index contributed by atoms with van der Waals surface area (Å²) >= 11 is 0. The number of phenolic OH excluding ortho intramolecular Hbond substituents is 1. The maximum atomic E-state index is 9.73. The molecule has 0 saturated carbocycles. The van der Waals surface area contributed by atoms with Gasteiger partial charge in [-0.3, -0.25) is 0 Å². The topological polar surface area (TPSA) is 96.0 Å². The molecule has 124 valence electrons. The number of morpholine rings is 1. The predicted molar refractivity (Wildman–Crippen MR) is 86.8 cm³/mol. The number of fused-ring (bicyclic) bond motifs is 1. The molecule has 1 aliphatic heterocycles. The number of hydrogen-bond acceptors (Lipinski definition) is 7. The lowest BCUT2D eigenvalue weighted by molar-refractivity contribution is 0.122. The lowest BCUT2D eigenvalue weighted by Gasteiger charge is -2.28. The molecule has 0 radical (unpaired) electrons. The third-order valence-electron chi connectivity index (χ3n) is 3.94. The van der Waals surface area contributed by atoms with E-state index in [1.165, 1.54) is 0 Å². The largest absolute Gasteiger partial charge is 0.508 e. The Labute approximate surface area is 138 Å². The first-order valence-corrected chi connectivity index (χ1v) is 7.74. The maximum Gasteiger partial charge on any atom is 0.198 e. The van der Waals surface area contributed by atoms with Crippen molar-refractivity contribution in [1.29, 1.82) is 0 Å². The summed E-state index contributed by atoms with van der Waals surface area (Å²) in [4.78, 5) is 11.2. The lowest BCUT2D eigenvalue weighted by Crippen LogP contribution is -2.37. The Kier molecular flexibility index (Phi) is 3.75. The van der Waals surface area contributed by atoms with Crippen LogP contribution >= 0.6 is 0 Å². The van der Waals surface area contributed by atoms with Crippen LogP contribution in [0.15, 0.2) is 30.5 Å². The van der Waals surface area contributed by atoms with Crippen molar-refractivity contribution < 1.29 is 14.9 Å². The Balaban J connectivity index is 1.88. The van der Waals surface area contributed by atoms with Crippen molar-refractivity contribution in [3.8, 4) is 17.0 Å². The zero-order chi connectivity index (χ0) is 16.5. The van der Waals surface area contributed by atoms with Crippen LogP contribution in [0.3, 0.4) is 0 Å². The van der Waals surface area contributed by atoms with Crippen LogP contribution < -0.4 is 4.90 Å². The molecule has 2 N–H and O–H groups in total. The molecule has 1 fully saturated rings. The van der Waals surface area contributed by atoms with Crippen molar-refractivity contribution in [3.63, 3.8) is 0 Å². The zero-order valence-corrected chi connectivity index (χ0v) is 13.0. The van der Waals surface area contributed by atoms with Crippen molar-refractivity contribution in [1.82, 2.24) is 19.6 Å². The van der Waals surface area contributed by atoms with Gasteiger partial charge >= 0.3 is 0 Å². The number of aliphatic hydroxyl groups is 1. The number of aliphatic hydroxyl groups excluding tert-OH is 1. The molecule has 2 aromatic heterocycles. The third kappa shape index (κ3) is 2.66. The number of benzene rings is 1. The second kappa shape index (κ2) is 6.06. The lowest BCUT2D eigenvalue weighted by atomic mass is 10.1. The van der Waals surface area contributed by atoms with E-state index in [9.17, 15) is 10.2 Å². The Bertz CT molecular complexity index is 873. The number of ether oxygens (including phenoxy) is 1. The molecule has 3 aromatic rings. The molecule has 0 amide bonds. The van der Waals surface area contributed by atoms with Gasteiger partial charge in [-0.15, -0.1) is 5.10 Å². The van der Waals surface area contributed by atoms with Crippen LogP contribution in [0, 0.1) is 0 Å². The smallest absolute Gasteiger partial charge is 0.198 e. The van der Waals surface area contributed by atoms with Crippen LogP contribution in [0.1, 0.15) is 5.82 Å². The average Bonchev–Trinajstić information content (AvgIpc) is 3.05. The molecule has 0 atom stereocenters. The summed E-state index contributed by atoms with van der Waals surface area (Å²) in [5.74, 6) is 1.22. The van der Waals surface area contributed by atoms with Crippen LogP contribution in [-0.2, 0) is 11.3 Å². The van der Waals surface area contributed by atoms with E-state index in [1.54, 1.807) is 28.9 Å². The van der Waals surface area contributed by atoms with Crippen molar-refractivity contribution in [3.05, 3.63) is 36.3 Å². The fraction of sp³-hybridized carbons (Fsp3) is 0.312. The summed E-state index contributed by atoms with van der Waals surface area (Å²) < 4.78 is 7.03. The van der Waals surface area contributed by atoms with E-state index in [0.717, 1.165) is 5.56 Å². The number of hydrogen-bond donors (Lipinski definition) is 2. The highest BCUT2D eigenvalue weighted by Gasteiger charge is 2.20. The van der Waals surface area contributed by atoms with Crippen molar-refractivity contribution in [2.24, 2.45) is 0 Å². The summed E-state index contributed by atoms with van der Waals surface area (Å²) in [5, 5.41) is 23.4. The van der Waals surface area contributed by atoms with E-state index in [0.29, 0.717) is 49.3 Å². The fourth-order valence-electron chi connectivity index (χ4n) is 2.78. The van der Waals surface area contributed by atoms with Crippen molar-refractivity contribution in [2.75, 3.05) is 31.2 Å². The molecule has 4 rings (SSSR count). The van der Waals surface area contributed by atoms with E-state index in [1.807, 2.05) is 6.07 Å². The summed E-state index contributed by atoms with van der Waals surface area (Å²) in [6.07, 6.45) is 1.75. The van der Waals surface area contributed by atoms with E-state index in [-0.39, 0.29) is 12.4 Å². The average molecular weight is 327 g/mol. The highest BCUT2D eigenvalue weighted by atomic mass is 16.5. The number of phenols is 1. The first-order valence-electron chi connectivity index (χ1n) is 7.74. The van der Waals surface area contributed by atoms with E-state index >= 15 is 0 Å². The summed E-state index contributed by atoms with van der Waals surface area (Å²) in [5.41, 5.74) is 2.06. The molecule has 8 heteroatoms. The summed E-state index contributed by atoms with van der Waals surface area (Å²) in [6.45, 7) is 2.46. The number of aromatic hydroxyl groups is 1. The van der Waals surface area contributed by atoms with E-state index in [2.05, 4.69) is 15.0 Å². The minimum Gasteiger partial charge on any atom is -0.508 e. The van der Waals surface area contributed by atoms with Gasteiger partial charge in [0.15, 0.2) is 17.3 Å². The molecule has 0 aliphatic carbocycles. The van der Waals surface area contributed by atoms with Crippen LogP contribution in [-0.4, -0.2) is 56.1 Å². The number of nitrogens with zero attached hydrogens (tertiary/aromatic N) is 5. The number of aromatic nitrogens is 4. The van der Waals surface area contributed by atoms with Gasteiger partial charge in [-0.2, -0.15) is 0 Å². The number of anilines is 1. The van der Waals surface area contributed by atoms with E-state index < -0.39 is 0 Å². The molecule has 1 aliphatic rings. The maximum absolute atomic E-state index is 9.73. The predicted octanol–water partition coefficient (Wildman–Crippen LogP) is 0.826. The Hall–Kier alpha value is -2.71. The van der Waals surface area contributed by atoms with Gasteiger partial charge in [0.2, 0.25) is 0 Å². The van der Waals surface area contributed by atoms with Crippen LogP contribution in [0.2, 0.25) is 0 Å². The van der Waals surface area contributed by atoms with Gasteiger partial charge in [-0.25, -0.2) is 14.5 Å². The van der Waals surface area contributed by atoms with Crippen LogP contribution in [0.25, 0.3) is 16.9 Å². The first kappa shape index (κ1) is 14.9. The van der Waals surface area contributed by atoms with Gasteiger partial charge in [-0.05, 0) is 12.1 Å². The zero-order valence-electron chi connectivity index (χ0n) is 13.0. The van der Waals surface area contributed by atoms with Crippen molar-refractivity contribution >= 4 is 11.5 Å². The molecule has 1 aromatic carbocycles. The molecule has 24 heavy (non-hydrogen) atoms. The van der Waals surface area contributed by atoms with Gasteiger partial charge < -0.3 is 19.8 Å². The van der Waals surface area contributed by atoms with Gasteiger partial charge in [0, 0.05) is 18.7 Å². The standard InChI is InChI=1S/C16H17N5O3/c22-10-14-18-16-15(20-4-6-24-7-5-20)17-13(9-21(16)19-14)11-2-1-3-12(23)8-11/h1-3,8-9,22-23H,4-7,10H2. The number of rotatable bonds is 3. The van der Waals surface area contributed by atoms with Gasteiger partial charge in [0.05, 0.1) is 25.1 Å². The van der Waals surface area contributed by atoms with E-state index in [4.69, 9.17) is 9.72 Å². The highest BCUT2D eigenvalue weighted by molar-refractivity contribution is 5.70. The third-order valence-corrected chi connectivity index (χ3v) is 3.94. The monoisotopic (exact) mass is 327 g/mol. The highest BCUT2D eigenvalue weighted by Crippen LogP contribution is 2.26. The molecule has 0 unspecified atom stereocenters. The van der Waals surface area contributed by atoms with Gasteiger partial charge in [0.25, 0.3) is 0 Å². The first-order chi connectivity index (χ1) is 11.7. The normalized spacial score (nSPS) is 15.1. The Morgan fingerprint density at radius 2 is 2.00 bits per heavy atom. The van der Waals surface area contributed by atoms with Gasteiger partial charge in [0.1, 0.15) is 12.4 Å². The minimum absolute atomic E-state index is 0.178. The minimum atomic E-state index is -0.230. The molecule has 0 spiro atoms. The molecule has 0 bridgehead atoms. The summed E-state index contributed by atoms with van der Waals surface area (Å²) in [7, 11) is 0. The second-order valence-corrected chi connectivity index (χ2v) is 5.55. The molecule has 3 heterocycles. The van der Waals surface area contributed by atoms with Crippen LogP contribution in [0.4, 0.5) is 5.82 Å². The summed E-state index contributed by atoms with van der Waals surface area (Å²) in [6, 6.07) is 6.91. The molecule has 1 saturated heterocycles. The van der Waals surface area contributed by atoms with Crippen molar-refractivity contribution in [2.45, 2.75) is 6.61 Å². The Morgan fingerprint density at radius 1 is 1.17 bits per heavy atom. The quantitative estimate of drug-likeness (QED) is 0.735.